The van der Waals surface area contributed by atoms with Crippen LogP contribution in [0.2, 0.25) is 0 Å². The number of aromatic nitrogens is 4. The second-order valence-corrected chi connectivity index (χ2v) is 17.0. The zero-order valence-electron chi connectivity index (χ0n) is 32.5. The molecule has 3 unspecified atom stereocenters. The molecule has 12 heteroatoms. The summed E-state index contributed by atoms with van der Waals surface area (Å²) in [5, 5.41) is 21.1. The van der Waals surface area contributed by atoms with E-state index in [2.05, 4.69) is 58.9 Å². The molecule has 1 spiro atoms. The fourth-order valence-electron chi connectivity index (χ4n) is 9.32. The van der Waals surface area contributed by atoms with E-state index in [1.54, 1.807) is 18.3 Å². The number of halogens is 1. The van der Waals surface area contributed by atoms with Gasteiger partial charge in [-0.25, -0.2) is 4.39 Å². The molecule has 0 radical (unpaired) electrons. The number of rotatable bonds is 11. The van der Waals surface area contributed by atoms with Crippen molar-refractivity contribution >= 4 is 33.3 Å². The van der Waals surface area contributed by atoms with Gasteiger partial charge in [0.25, 0.3) is 0 Å². The molecule has 7 heterocycles. The molecule has 2 aromatic carbocycles. The molecule has 5 aromatic rings. The van der Waals surface area contributed by atoms with E-state index in [1.165, 1.54) is 0 Å². The van der Waals surface area contributed by atoms with Crippen LogP contribution >= 0.6 is 0 Å². The lowest BCUT2D eigenvalue weighted by Crippen LogP contribution is -2.60. The second-order valence-electron chi connectivity index (χ2n) is 17.0. The molecule has 0 aliphatic carbocycles. The zero-order valence-corrected chi connectivity index (χ0v) is 32.5. The van der Waals surface area contributed by atoms with Crippen LogP contribution in [-0.2, 0) is 12.8 Å². The Labute approximate surface area is 322 Å². The number of phenolic OH excluding ortho intramolecular Hbond substituents is 1. The highest BCUT2D eigenvalue weighted by molar-refractivity contribution is 6.01. The Morgan fingerprint density at radius 3 is 2.56 bits per heavy atom. The maximum absolute atomic E-state index is 16.9. The van der Waals surface area contributed by atoms with Gasteiger partial charge in [0.05, 0.1) is 5.39 Å². The first-order chi connectivity index (χ1) is 26.6. The van der Waals surface area contributed by atoms with Crippen LogP contribution in [0.25, 0.3) is 32.9 Å². The standard InChI is InChI=1S/C43H53FN8O3/c1-5-28-7-6-8-29-18-32(53)19-34(37(28)29)39-38(44)40-35(21-45-39)41(51-22-30-9-10-31(23-51)46-30)48-42(47-40)54-16-15-50-13-11-43(12-14-50)24-52(25-43)36-20-33(55-49-36)17-27(4)26(2)3/h6-8,18-21,26-27,30-31,46,53H,5,9-17,22-25H2,1-4H3. The highest BCUT2D eigenvalue weighted by Crippen LogP contribution is 2.43. The summed E-state index contributed by atoms with van der Waals surface area (Å²) in [6.45, 7) is 15.6. The molecular weight excluding hydrogens is 696 g/mol. The Kier molecular flexibility index (Phi) is 9.52. The monoisotopic (exact) mass is 748 g/mol. The van der Waals surface area contributed by atoms with Crippen molar-refractivity contribution in [2.75, 3.05) is 62.2 Å². The van der Waals surface area contributed by atoms with Crippen LogP contribution in [0, 0.1) is 23.1 Å². The Balaban J connectivity index is 0.910. The van der Waals surface area contributed by atoms with E-state index in [4.69, 9.17) is 24.2 Å². The van der Waals surface area contributed by atoms with E-state index in [9.17, 15) is 5.11 Å². The molecule has 11 nitrogen and oxygen atoms in total. The topological polar surface area (TPSA) is 116 Å². The predicted octanol–water partition coefficient (Wildman–Crippen LogP) is 7.00. The fourth-order valence-corrected chi connectivity index (χ4v) is 9.32. The van der Waals surface area contributed by atoms with Crippen molar-refractivity contribution < 1.29 is 18.8 Å². The van der Waals surface area contributed by atoms with Crippen LogP contribution in [0.4, 0.5) is 16.0 Å². The quantitative estimate of drug-likeness (QED) is 0.146. The molecular formula is C43H53FN8O3. The van der Waals surface area contributed by atoms with Crippen LogP contribution in [-0.4, -0.2) is 94.6 Å². The molecule has 3 aromatic heterocycles. The molecule has 4 aliphatic rings. The number of nitrogens with one attached hydrogen (secondary N) is 1. The third kappa shape index (κ3) is 6.96. The van der Waals surface area contributed by atoms with E-state index in [0.29, 0.717) is 52.7 Å². The van der Waals surface area contributed by atoms with Gasteiger partial charge in [-0.15, -0.1) is 0 Å². The molecule has 0 saturated carbocycles. The Bertz CT molecular complexity index is 2180. The first-order valence-electron chi connectivity index (χ1n) is 20.3. The maximum Gasteiger partial charge on any atom is 0.319 e. The van der Waals surface area contributed by atoms with Crippen molar-refractivity contribution in [2.24, 2.45) is 17.3 Å². The molecule has 9 rings (SSSR count). The van der Waals surface area contributed by atoms with Gasteiger partial charge >= 0.3 is 6.01 Å². The normalized spacial score (nSPS) is 21.6. The third-order valence-corrected chi connectivity index (χ3v) is 13.0. The molecule has 4 aliphatic heterocycles. The van der Waals surface area contributed by atoms with Gasteiger partial charge in [0.1, 0.15) is 35.1 Å². The van der Waals surface area contributed by atoms with Gasteiger partial charge in [0.2, 0.25) is 0 Å². The Morgan fingerprint density at radius 2 is 1.82 bits per heavy atom. The first-order valence-corrected chi connectivity index (χ1v) is 20.3. The zero-order chi connectivity index (χ0) is 37.8. The van der Waals surface area contributed by atoms with Crippen molar-refractivity contribution in [1.82, 2.24) is 30.3 Å². The smallest absolute Gasteiger partial charge is 0.319 e. The number of benzene rings is 2. The van der Waals surface area contributed by atoms with Crippen molar-refractivity contribution in [3.63, 3.8) is 0 Å². The van der Waals surface area contributed by atoms with Gasteiger partial charge in [-0.05, 0) is 85.5 Å². The number of nitrogens with zero attached hydrogens (tertiary/aromatic N) is 7. The number of ether oxygens (including phenoxy) is 1. The molecule has 0 amide bonds. The van der Waals surface area contributed by atoms with Gasteiger partial charge < -0.3 is 29.5 Å². The van der Waals surface area contributed by atoms with Crippen LogP contribution in [0.5, 0.6) is 11.8 Å². The molecule has 3 atom stereocenters. The minimum atomic E-state index is -0.537. The van der Waals surface area contributed by atoms with Crippen molar-refractivity contribution in [2.45, 2.75) is 78.3 Å². The average Bonchev–Trinajstić information content (AvgIpc) is 3.77. The summed E-state index contributed by atoms with van der Waals surface area (Å²) >= 11 is 0. The van der Waals surface area contributed by atoms with Crippen LogP contribution < -0.4 is 19.9 Å². The third-order valence-electron chi connectivity index (χ3n) is 13.0. The van der Waals surface area contributed by atoms with Crippen LogP contribution in [0.1, 0.15) is 64.7 Å². The van der Waals surface area contributed by atoms with E-state index in [-0.39, 0.29) is 23.0 Å². The maximum atomic E-state index is 16.9. The summed E-state index contributed by atoms with van der Waals surface area (Å²) < 4.78 is 28.9. The predicted molar refractivity (Wildman–Crippen MR) is 213 cm³/mol. The molecule has 55 heavy (non-hydrogen) atoms. The molecule has 290 valence electrons. The number of piperidine rings is 1. The van der Waals surface area contributed by atoms with Gasteiger partial charge in [-0.2, -0.15) is 9.97 Å². The lowest BCUT2D eigenvalue weighted by Gasteiger charge is -2.54. The van der Waals surface area contributed by atoms with Crippen LogP contribution in [0.3, 0.4) is 0 Å². The van der Waals surface area contributed by atoms with E-state index >= 15 is 4.39 Å². The van der Waals surface area contributed by atoms with E-state index < -0.39 is 5.82 Å². The SMILES string of the molecule is CCc1cccc2cc(O)cc(-c3ncc4c(N5CC6CCC(C5)N6)nc(OCCN5CCC6(CC5)CN(c5cc(CC(C)C(C)C)on5)C6)nc4c3F)c12. The number of anilines is 2. The van der Waals surface area contributed by atoms with Gasteiger partial charge in [-0.3, -0.25) is 9.88 Å². The summed E-state index contributed by atoms with van der Waals surface area (Å²) in [6.07, 6.45) is 7.87. The molecule has 2 bridgehead atoms. The van der Waals surface area contributed by atoms with Crippen molar-refractivity contribution in [3.8, 4) is 23.0 Å². The molecule has 4 fully saturated rings. The number of hydrogen-bond acceptors (Lipinski definition) is 11. The lowest BCUT2D eigenvalue weighted by molar-refractivity contribution is 0.0668. The van der Waals surface area contributed by atoms with E-state index in [1.807, 2.05) is 18.2 Å². The molecule has 4 saturated heterocycles. The summed E-state index contributed by atoms with van der Waals surface area (Å²) in [5.41, 5.74) is 2.28. The number of fused-ring (bicyclic) bond motifs is 4. The number of piperazine rings is 1. The number of phenols is 1. The number of hydrogen-bond donors (Lipinski definition) is 2. The number of likely N-dealkylation sites (tertiary alicyclic amines) is 1. The Hall–Kier alpha value is -4.55. The number of aromatic hydroxyl groups is 1. The summed E-state index contributed by atoms with van der Waals surface area (Å²) in [7, 11) is 0. The van der Waals surface area contributed by atoms with Gasteiger partial charge in [-0.1, -0.05) is 51.1 Å². The highest BCUT2D eigenvalue weighted by atomic mass is 19.1. The lowest BCUT2D eigenvalue weighted by atomic mass is 9.72. The van der Waals surface area contributed by atoms with E-state index in [0.717, 1.165) is 112 Å². The minimum absolute atomic E-state index is 0.0646. The summed E-state index contributed by atoms with van der Waals surface area (Å²) in [4.78, 5) is 21.4. The van der Waals surface area contributed by atoms with Gasteiger partial charge in [0, 0.05) is 74.5 Å². The second kappa shape index (κ2) is 14.5. The largest absolute Gasteiger partial charge is 0.508 e. The average molecular weight is 749 g/mol. The number of aryl methyl sites for hydroxylation is 1. The summed E-state index contributed by atoms with van der Waals surface area (Å²) in [6, 6.07) is 12.3. The van der Waals surface area contributed by atoms with Crippen LogP contribution in [0.15, 0.2) is 47.1 Å². The van der Waals surface area contributed by atoms with Gasteiger partial charge in [0.15, 0.2) is 11.6 Å². The highest BCUT2D eigenvalue weighted by Gasteiger charge is 2.45. The van der Waals surface area contributed by atoms with Crippen molar-refractivity contribution in [1.29, 1.82) is 0 Å². The first kappa shape index (κ1) is 36.1. The number of pyridine rings is 1. The minimum Gasteiger partial charge on any atom is -0.508 e. The molecule has 2 N–H and O–H groups in total. The summed E-state index contributed by atoms with van der Waals surface area (Å²) in [5.74, 6) is 3.31. The Morgan fingerprint density at radius 1 is 1.04 bits per heavy atom. The fraction of sp³-hybridized carbons (Fsp3) is 0.535. The van der Waals surface area contributed by atoms with Crippen molar-refractivity contribution in [3.05, 3.63) is 59.7 Å².